The van der Waals surface area contributed by atoms with E-state index in [0.717, 1.165) is 43.8 Å². The Kier molecular flexibility index (Phi) is 6.22. The molecule has 8 nitrogen and oxygen atoms in total. The van der Waals surface area contributed by atoms with Gasteiger partial charge in [-0.1, -0.05) is 0 Å². The van der Waals surface area contributed by atoms with Gasteiger partial charge >= 0.3 is 11.9 Å². The van der Waals surface area contributed by atoms with Crippen molar-refractivity contribution in [3.63, 3.8) is 0 Å². The van der Waals surface area contributed by atoms with Crippen molar-refractivity contribution in [3.05, 3.63) is 46.1 Å². The van der Waals surface area contributed by atoms with Gasteiger partial charge in [0.05, 0.1) is 24.8 Å². The molecule has 0 bridgehead atoms. The van der Waals surface area contributed by atoms with E-state index < -0.39 is 17.3 Å². The number of alkyl halides is 3. The highest BCUT2D eigenvalue weighted by Gasteiger charge is 2.36. The number of hydrogen-bond donors (Lipinski definition) is 0. The lowest BCUT2D eigenvalue weighted by Gasteiger charge is -2.41. The van der Waals surface area contributed by atoms with Crippen LogP contribution in [0.15, 0.2) is 29.1 Å². The van der Waals surface area contributed by atoms with E-state index in [1.807, 2.05) is 23.3 Å². The summed E-state index contributed by atoms with van der Waals surface area (Å²) in [5.41, 5.74) is -0.421. The molecular formula is C25H30F3N5O3. The molecule has 4 heterocycles. The van der Waals surface area contributed by atoms with Crippen LogP contribution in [0.2, 0.25) is 0 Å². The number of fused-ring (bicyclic) bond motifs is 1. The molecule has 11 heteroatoms. The standard InChI is InChI=1S/C25H30F3N5O3/c1-16-29-20-21(30-23(34)31(3)22(20)33(16)14-19-6-4-13-35-19)32-12-5-11-24(2,15-32)36-18-9-7-17(8-10-18)25(26,27)28/h7-10,19H,4-6,11-15H2,1-3H3/t19-,24-/m0/s1. The Balaban J connectivity index is 1.44. The second-order valence-electron chi connectivity index (χ2n) is 9.95. The first-order valence-electron chi connectivity index (χ1n) is 12.2. The van der Waals surface area contributed by atoms with Gasteiger partial charge in [-0.25, -0.2) is 9.78 Å². The summed E-state index contributed by atoms with van der Waals surface area (Å²) < 4.78 is 54.3. The maximum atomic E-state index is 12.9. The molecule has 0 amide bonds. The van der Waals surface area contributed by atoms with E-state index in [-0.39, 0.29) is 11.8 Å². The lowest BCUT2D eigenvalue weighted by atomic mass is 9.94. The van der Waals surface area contributed by atoms with Crippen molar-refractivity contribution in [2.24, 2.45) is 7.05 Å². The van der Waals surface area contributed by atoms with Crippen LogP contribution < -0.4 is 15.3 Å². The molecule has 2 aliphatic rings. The second kappa shape index (κ2) is 9.10. The van der Waals surface area contributed by atoms with Crippen molar-refractivity contribution in [1.82, 2.24) is 19.1 Å². The number of imidazole rings is 1. The van der Waals surface area contributed by atoms with Gasteiger partial charge in [-0.05, 0) is 63.8 Å². The average molecular weight is 506 g/mol. The molecule has 2 atom stereocenters. The van der Waals surface area contributed by atoms with E-state index in [2.05, 4.69) is 4.98 Å². The van der Waals surface area contributed by atoms with E-state index in [1.165, 1.54) is 16.7 Å². The Morgan fingerprint density at radius 2 is 1.94 bits per heavy atom. The third kappa shape index (κ3) is 4.68. The molecular weight excluding hydrogens is 475 g/mol. The molecule has 0 N–H and O–H groups in total. The van der Waals surface area contributed by atoms with Crippen molar-refractivity contribution < 1.29 is 22.6 Å². The fourth-order valence-electron chi connectivity index (χ4n) is 5.25. The first kappa shape index (κ1) is 24.6. The third-order valence-electron chi connectivity index (χ3n) is 7.06. The highest BCUT2D eigenvalue weighted by Crippen LogP contribution is 2.34. The van der Waals surface area contributed by atoms with E-state index in [9.17, 15) is 18.0 Å². The Bertz CT molecular complexity index is 1310. The largest absolute Gasteiger partial charge is 0.486 e. The van der Waals surface area contributed by atoms with Gasteiger partial charge in [0, 0.05) is 20.2 Å². The molecule has 0 aliphatic carbocycles. The van der Waals surface area contributed by atoms with Crippen LogP contribution in [0.3, 0.4) is 0 Å². The molecule has 2 aromatic heterocycles. The third-order valence-corrected chi connectivity index (χ3v) is 7.06. The minimum Gasteiger partial charge on any atom is -0.486 e. The highest BCUT2D eigenvalue weighted by molar-refractivity contribution is 5.84. The number of aromatic nitrogens is 4. The van der Waals surface area contributed by atoms with Crippen LogP contribution in [-0.4, -0.2) is 50.5 Å². The van der Waals surface area contributed by atoms with Crippen molar-refractivity contribution in [1.29, 1.82) is 0 Å². The number of benzene rings is 1. The molecule has 0 unspecified atom stereocenters. The van der Waals surface area contributed by atoms with E-state index in [0.29, 0.717) is 48.8 Å². The first-order chi connectivity index (χ1) is 17.0. The fourth-order valence-corrected chi connectivity index (χ4v) is 5.25. The molecule has 3 aromatic rings. The van der Waals surface area contributed by atoms with Crippen LogP contribution >= 0.6 is 0 Å². The minimum absolute atomic E-state index is 0.0863. The summed E-state index contributed by atoms with van der Waals surface area (Å²) in [6.45, 7) is 6.29. The topological polar surface area (TPSA) is 74.4 Å². The monoisotopic (exact) mass is 505 g/mol. The summed E-state index contributed by atoms with van der Waals surface area (Å²) in [5, 5.41) is 0. The number of ether oxygens (including phenoxy) is 2. The molecule has 194 valence electrons. The number of rotatable bonds is 5. The lowest BCUT2D eigenvalue weighted by molar-refractivity contribution is -0.137. The SMILES string of the molecule is Cc1nc2c(N3CCC[C@](C)(Oc4ccc(C(F)(F)F)cc4)C3)nc(=O)n(C)c2n1C[C@@H]1CCCO1. The summed E-state index contributed by atoms with van der Waals surface area (Å²) in [5.74, 6) is 1.65. The number of anilines is 1. The van der Waals surface area contributed by atoms with E-state index in [4.69, 9.17) is 14.5 Å². The zero-order valence-corrected chi connectivity index (χ0v) is 20.6. The first-order valence-corrected chi connectivity index (χ1v) is 12.2. The lowest BCUT2D eigenvalue weighted by Crippen LogP contribution is -2.50. The van der Waals surface area contributed by atoms with Crippen LogP contribution in [0.1, 0.15) is 44.0 Å². The highest BCUT2D eigenvalue weighted by atomic mass is 19.4. The summed E-state index contributed by atoms with van der Waals surface area (Å²) >= 11 is 0. The van der Waals surface area contributed by atoms with Crippen molar-refractivity contribution in [2.75, 3.05) is 24.6 Å². The van der Waals surface area contributed by atoms with Gasteiger partial charge in [0.25, 0.3) is 0 Å². The van der Waals surface area contributed by atoms with Crippen LogP contribution in [-0.2, 0) is 24.5 Å². The van der Waals surface area contributed by atoms with Gasteiger partial charge in [-0.2, -0.15) is 18.2 Å². The number of nitrogens with zero attached hydrogens (tertiary/aromatic N) is 5. The summed E-state index contributed by atoms with van der Waals surface area (Å²) in [6.07, 6.45) is -0.838. The Morgan fingerprint density at radius 3 is 2.61 bits per heavy atom. The molecule has 0 spiro atoms. The number of piperidine rings is 1. The van der Waals surface area contributed by atoms with Crippen molar-refractivity contribution in [2.45, 2.75) is 64.0 Å². The van der Waals surface area contributed by atoms with Gasteiger partial charge in [0.1, 0.15) is 28.3 Å². The minimum atomic E-state index is -4.40. The summed E-state index contributed by atoms with van der Waals surface area (Å²) in [7, 11) is 1.70. The van der Waals surface area contributed by atoms with E-state index in [1.54, 1.807) is 7.05 Å². The molecule has 0 radical (unpaired) electrons. The average Bonchev–Trinajstić information content (AvgIpc) is 3.44. The molecule has 2 aliphatic heterocycles. The summed E-state index contributed by atoms with van der Waals surface area (Å²) in [4.78, 5) is 24.1. The number of aryl methyl sites for hydroxylation is 2. The van der Waals surface area contributed by atoms with Gasteiger partial charge in [-0.15, -0.1) is 0 Å². The predicted octanol–water partition coefficient (Wildman–Crippen LogP) is 4.07. The van der Waals surface area contributed by atoms with Gasteiger partial charge < -0.3 is 18.9 Å². The molecule has 2 fully saturated rings. The van der Waals surface area contributed by atoms with Crippen LogP contribution in [0.25, 0.3) is 11.2 Å². The Labute approximate surface area is 206 Å². The molecule has 36 heavy (non-hydrogen) atoms. The predicted molar refractivity (Wildman–Crippen MR) is 128 cm³/mol. The van der Waals surface area contributed by atoms with Crippen molar-refractivity contribution >= 4 is 17.0 Å². The Hall–Kier alpha value is -3.08. The zero-order valence-electron chi connectivity index (χ0n) is 20.6. The quantitative estimate of drug-likeness (QED) is 0.521. The molecule has 5 rings (SSSR count). The molecule has 1 aromatic carbocycles. The molecule has 0 saturated carbocycles. The smallest absolute Gasteiger partial charge is 0.416 e. The molecule has 2 saturated heterocycles. The van der Waals surface area contributed by atoms with E-state index >= 15 is 0 Å². The van der Waals surface area contributed by atoms with Crippen LogP contribution in [0.4, 0.5) is 19.0 Å². The van der Waals surface area contributed by atoms with Gasteiger partial charge in [0.2, 0.25) is 0 Å². The number of halogens is 3. The maximum Gasteiger partial charge on any atom is 0.416 e. The van der Waals surface area contributed by atoms with Crippen LogP contribution in [0, 0.1) is 6.92 Å². The second-order valence-corrected chi connectivity index (χ2v) is 9.95. The maximum absolute atomic E-state index is 12.9. The van der Waals surface area contributed by atoms with Gasteiger partial charge in [0.15, 0.2) is 5.82 Å². The fraction of sp³-hybridized carbons (Fsp3) is 0.560. The summed E-state index contributed by atoms with van der Waals surface area (Å²) in [6, 6.07) is 4.74. The van der Waals surface area contributed by atoms with Crippen LogP contribution in [0.5, 0.6) is 5.75 Å². The Morgan fingerprint density at radius 1 is 1.19 bits per heavy atom. The normalized spacial score (nSPS) is 22.9. The zero-order chi connectivity index (χ0) is 25.7. The van der Waals surface area contributed by atoms with Crippen molar-refractivity contribution in [3.8, 4) is 5.75 Å². The van der Waals surface area contributed by atoms with Gasteiger partial charge in [-0.3, -0.25) is 4.57 Å². The number of hydrogen-bond acceptors (Lipinski definition) is 6.